The molecule has 1 aliphatic heterocycles. The molecule has 4 rings (SSSR count). The Bertz CT molecular complexity index is 1140. The van der Waals surface area contributed by atoms with Crippen molar-refractivity contribution >= 4 is 21.8 Å². The molecule has 1 aromatic heterocycles. The van der Waals surface area contributed by atoms with Crippen LogP contribution in [0.4, 0.5) is 10.1 Å². The van der Waals surface area contributed by atoms with Crippen molar-refractivity contribution in [3.63, 3.8) is 0 Å². The van der Waals surface area contributed by atoms with Crippen LogP contribution in [0.15, 0.2) is 54.9 Å². The van der Waals surface area contributed by atoms with E-state index in [1.54, 1.807) is 15.6 Å². The third kappa shape index (κ3) is 2.89. The molecule has 1 fully saturated rings. The molecule has 138 valence electrons. The van der Waals surface area contributed by atoms with Crippen LogP contribution >= 0.6 is 0 Å². The highest BCUT2D eigenvalue weighted by Gasteiger charge is 2.38. The number of aromatic hydroxyl groups is 1. The summed E-state index contributed by atoms with van der Waals surface area (Å²) >= 11 is 0. The Balaban J connectivity index is 1.80. The lowest BCUT2D eigenvalue weighted by atomic mass is 10.1. The normalized spacial score (nSPS) is 15.7. The fraction of sp³-hybridized carbons (Fsp3) is 0.0588. The maximum atomic E-state index is 15.1. The van der Waals surface area contributed by atoms with Crippen LogP contribution in [0.25, 0.3) is 16.8 Å². The molecule has 0 bridgehead atoms. The number of carbonyl (C=O) groups excluding carboxylic acids is 1. The van der Waals surface area contributed by atoms with Gasteiger partial charge in [0.05, 0.1) is 11.9 Å². The molecule has 1 aliphatic rings. The highest BCUT2D eigenvalue weighted by Crippen LogP contribution is 2.38. The van der Waals surface area contributed by atoms with Gasteiger partial charge in [-0.1, -0.05) is 18.2 Å². The summed E-state index contributed by atoms with van der Waals surface area (Å²) in [5, 5.41) is 14.2. The quantitative estimate of drug-likeness (QED) is 0.709. The van der Waals surface area contributed by atoms with E-state index in [1.165, 1.54) is 18.3 Å². The number of para-hydroxylation sites is 1. The van der Waals surface area contributed by atoms with Gasteiger partial charge >= 0.3 is 10.2 Å². The molecule has 2 aromatic carbocycles. The highest BCUT2D eigenvalue weighted by molar-refractivity contribution is 7.92. The third-order valence-corrected chi connectivity index (χ3v) is 5.46. The van der Waals surface area contributed by atoms with Gasteiger partial charge in [0, 0.05) is 17.3 Å². The Morgan fingerprint density at radius 2 is 1.89 bits per heavy atom. The lowest BCUT2D eigenvalue weighted by Gasteiger charge is -2.18. The first-order valence-electron chi connectivity index (χ1n) is 7.82. The molecule has 0 saturated carbocycles. The van der Waals surface area contributed by atoms with Crippen LogP contribution in [0.2, 0.25) is 0 Å². The van der Waals surface area contributed by atoms with Crippen molar-refractivity contribution in [1.29, 1.82) is 0 Å². The molecule has 8 nitrogen and oxygen atoms in total. The standard InChI is InChI=1S/C17H13FN4O4S/c18-16-13(11-8-19-21(9-11)12-4-2-1-3-5-12)6-7-14(23)17(16)22-10-15(24)20-27(22,25)26/h1-9,23H,10H2,(H,20,24). The van der Waals surface area contributed by atoms with E-state index < -0.39 is 39.9 Å². The highest BCUT2D eigenvalue weighted by atomic mass is 32.2. The van der Waals surface area contributed by atoms with Gasteiger partial charge in [0.2, 0.25) is 0 Å². The summed E-state index contributed by atoms with van der Waals surface area (Å²) in [4.78, 5) is 11.4. The van der Waals surface area contributed by atoms with Crippen molar-refractivity contribution in [1.82, 2.24) is 14.5 Å². The third-order valence-electron chi connectivity index (χ3n) is 4.08. The van der Waals surface area contributed by atoms with Gasteiger partial charge in [0.25, 0.3) is 5.91 Å². The Morgan fingerprint density at radius 3 is 2.56 bits per heavy atom. The van der Waals surface area contributed by atoms with E-state index >= 15 is 4.39 Å². The zero-order valence-electron chi connectivity index (χ0n) is 13.7. The molecule has 0 unspecified atom stereocenters. The number of aromatic nitrogens is 2. The number of phenols is 1. The first kappa shape index (κ1) is 17.0. The number of hydrogen-bond donors (Lipinski definition) is 2. The van der Waals surface area contributed by atoms with E-state index in [9.17, 15) is 18.3 Å². The monoisotopic (exact) mass is 388 g/mol. The van der Waals surface area contributed by atoms with Crippen LogP contribution in [0.5, 0.6) is 5.75 Å². The van der Waals surface area contributed by atoms with Gasteiger partial charge in [0.1, 0.15) is 18.0 Å². The fourth-order valence-corrected chi connectivity index (χ4v) is 4.01. The fourth-order valence-electron chi connectivity index (χ4n) is 2.84. The average molecular weight is 388 g/mol. The minimum atomic E-state index is -4.26. The maximum Gasteiger partial charge on any atom is 0.326 e. The summed E-state index contributed by atoms with van der Waals surface area (Å²) in [6.45, 7) is -0.612. The largest absolute Gasteiger partial charge is 0.506 e. The summed E-state index contributed by atoms with van der Waals surface area (Å²) < 4.78 is 42.9. The number of carbonyl (C=O) groups is 1. The van der Waals surface area contributed by atoms with Crippen LogP contribution in [-0.2, 0) is 15.0 Å². The van der Waals surface area contributed by atoms with Crippen LogP contribution in [0.3, 0.4) is 0 Å². The van der Waals surface area contributed by atoms with Gasteiger partial charge in [0.15, 0.2) is 5.82 Å². The predicted octanol–water partition coefficient (Wildman–Crippen LogP) is 1.56. The molecule has 2 N–H and O–H groups in total. The smallest absolute Gasteiger partial charge is 0.326 e. The lowest BCUT2D eigenvalue weighted by molar-refractivity contribution is -0.117. The average Bonchev–Trinajstić information content (AvgIpc) is 3.20. The molecule has 1 amide bonds. The molecule has 0 atom stereocenters. The zero-order valence-corrected chi connectivity index (χ0v) is 14.5. The Morgan fingerprint density at radius 1 is 1.15 bits per heavy atom. The number of nitrogens with zero attached hydrogens (tertiary/aromatic N) is 3. The molecule has 27 heavy (non-hydrogen) atoms. The predicted molar refractivity (Wildman–Crippen MR) is 95.0 cm³/mol. The number of amides is 1. The summed E-state index contributed by atoms with van der Waals surface area (Å²) in [6, 6.07) is 11.7. The number of hydrogen-bond acceptors (Lipinski definition) is 5. The molecular formula is C17H13FN4O4S. The van der Waals surface area contributed by atoms with Gasteiger partial charge in [-0.3, -0.25) is 4.79 Å². The minimum Gasteiger partial charge on any atom is -0.506 e. The van der Waals surface area contributed by atoms with Crippen molar-refractivity contribution in [2.24, 2.45) is 0 Å². The summed E-state index contributed by atoms with van der Waals surface area (Å²) in [5.41, 5.74) is 0.603. The number of phenolic OH excluding ortho intramolecular Hbond substituents is 1. The van der Waals surface area contributed by atoms with E-state index in [2.05, 4.69) is 5.10 Å². The molecule has 0 radical (unpaired) electrons. The van der Waals surface area contributed by atoms with Crippen molar-refractivity contribution < 1.29 is 22.7 Å². The van der Waals surface area contributed by atoms with Crippen molar-refractivity contribution in [2.45, 2.75) is 0 Å². The second kappa shape index (κ2) is 6.09. The minimum absolute atomic E-state index is 0.0412. The summed E-state index contributed by atoms with van der Waals surface area (Å²) in [7, 11) is -4.26. The SMILES string of the molecule is O=C1CN(c2c(O)ccc(-c3cnn(-c4ccccc4)c3)c2F)S(=O)(=O)N1. The second-order valence-corrected chi connectivity index (χ2v) is 7.44. The van der Waals surface area contributed by atoms with Crippen LogP contribution in [0.1, 0.15) is 0 Å². The van der Waals surface area contributed by atoms with E-state index in [4.69, 9.17) is 0 Å². The maximum absolute atomic E-state index is 15.1. The van der Waals surface area contributed by atoms with Crippen molar-refractivity contribution in [3.05, 3.63) is 60.7 Å². The number of anilines is 1. The van der Waals surface area contributed by atoms with Gasteiger partial charge in [-0.15, -0.1) is 0 Å². The van der Waals surface area contributed by atoms with Gasteiger partial charge in [-0.25, -0.2) is 18.1 Å². The number of nitrogens with one attached hydrogen (secondary N) is 1. The van der Waals surface area contributed by atoms with E-state index in [0.717, 1.165) is 5.69 Å². The number of halogens is 1. The summed E-state index contributed by atoms with van der Waals surface area (Å²) in [6.07, 6.45) is 3.00. The Labute approximate surface area is 153 Å². The molecule has 1 saturated heterocycles. The van der Waals surface area contributed by atoms with Crippen LogP contribution < -0.4 is 9.03 Å². The van der Waals surface area contributed by atoms with Gasteiger partial charge < -0.3 is 5.11 Å². The molecule has 0 spiro atoms. The first-order chi connectivity index (χ1) is 12.9. The van der Waals surface area contributed by atoms with Crippen molar-refractivity contribution in [2.75, 3.05) is 10.8 Å². The first-order valence-corrected chi connectivity index (χ1v) is 9.26. The second-order valence-electron chi connectivity index (χ2n) is 5.84. The number of benzene rings is 2. The number of rotatable bonds is 3. The van der Waals surface area contributed by atoms with E-state index in [-0.39, 0.29) is 5.56 Å². The van der Waals surface area contributed by atoms with Gasteiger partial charge in [-0.2, -0.15) is 13.5 Å². The molecular weight excluding hydrogens is 375 g/mol. The zero-order chi connectivity index (χ0) is 19.2. The molecule has 3 aromatic rings. The molecule has 10 heteroatoms. The van der Waals surface area contributed by atoms with Gasteiger partial charge in [-0.05, 0) is 24.3 Å². The molecule has 2 heterocycles. The Hall–Kier alpha value is -3.40. The summed E-state index contributed by atoms with van der Waals surface area (Å²) in [5.74, 6) is -2.37. The van der Waals surface area contributed by atoms with Crippen LogP contribution in [-0.4, -0.2) is 35.8 Å². The van der Waals surface area contributed by atoms with E-state index in [0.29, 0.717) is 9.87 Å². The molecule has 0 aliphatic carbocycles. The lowest BCUT2D eigenvalue weighted by Crippen LogP contribution is -2.30. The van der Waals surface area contributed by atoms with Crippen molar-refractivity contribution in [3.8, 4) is 22.6 Å². The topological polar surface area (TPSA) is 105 Å². The van der Waals surface area contributed by atoms with Crippen LogP contribution in [0, 0.1) is 5.82 Å². The van der Waals surface area contributed by atoms with E-state index in [1.807, 2.05) is 30.3 Å². The Kier molecular flexibility index (Phi) is 3.84.